The smallest absolute Gasteiger partial charge is 0.129 e. The van der Waals surface area contributed by atoms with Crippen molar-refractivity contribution in [2.75, 3.05) is 18.5 Å². The Labute approximate surface area is 108 Å². The van der Waals surface area contributed by atoms with Crippen LogP contribution in [0.1, 0.15) is 24.8 Å². The molecule has 0 saturated carbocycles. The zero-order valence-electron chi connectivity index (χ0n) is 10.8. The predicted molar refractivity (Wildman–Crippen MR) is 75.9 cm³/mol. The molecule has 0 fully saturated rings. The van der Waals surface area contributed by atoms with Gasteiger partial charge >= 0.3 is 0 Å². The van der Waals surface area contributed by atoms with Crippen LogP contribution in [0.3, 0.4) is 0 Å². The second-order valence-corrected chi connectivity index (χ2v) is 4.56. The predicted octanol–water partition coefficient (Wildman–Crippen LogP) is 3.12. The van der Waals surface area contributed by atoms with Gasteiger partial charge in [-0.2, -0.15) is 0 Å². The molecule has 2 N–H and O–H groups in total. The maximum absolute atomic E-state index is 8.71. The molecule has 0 saturated heterocycles. The maximum Gasteiger partial charge on any atom is 0.129 e. The minimum absolute atomic E-state index is 0.285. The van der Waals surface area contributed by atoms with Gasteiger partial charge in [0.1, 0.15) is 5.82 Å². The van der Waals surface area contributed by atoms with E-state index >= 15 is 0 Å². The highest BCUT2D eigenvalue weighted by atomic mass is 16.2. The van der Waals surface area contributed by atoms with Gasteiger partial charge in [0, 0.05) is 18.5 Å². The van der Waals surface area contributed by atoms with Crippen LogP contribution in [-0.2, 0) is 0 Å². The summed E-state index contributed by atoms with van der Waals surface area (Å²) in [5.74, 6) is 0.970. The SMILES string of the molecule is Cc1cc2ccccc2nc1NCCCCCO. The van der Waals surface area contributed by atoms with Crippen LogP contribution in [-0.4, -0.2) is 23.2 Å². The van der Waals surface area contributed by atoms with Gasteiger partial charge in [0.25, 0.3) is 0 Å². The van der Waals surface area contributed by atoms with Crippen LogP contribution >= 0.6 is 0 Å². The molecule has 1 heterocycles. The van der Waals surface area contributed by atoms with Gasteiger partial charge in [0.15, 0.2) is 0 Å². The molecule has 0 amide bonds. The number of nitrogens with one attached hydrogen (secondary N) is 1. The number of unbranched alkanes of at least 4 members (excludes halogenated alkanes) is 2. The number of aromatic nitrogens is 1. The summed E-state index contributed by atoms with van der Waals surface area (Å²) in [6, 6.07) is 10.3. The van der Waals surface area contributed by atoms with Crippen molar-refractivity contribution in [3.05, 3.63) is 35.9 Å². The van der Waals surface area contributed by atoms with Crippen LogP contribution in [0.2, 0.25) is 0 Å². The molecule has 1 aromatic heterocycles. The van der Waals surface area contributed by atoms with Crippen molar-refractivity contribution in [1.82, 2.24) is 4.98 Å². The van der Waals surface area contributed by atoms with E-state index in [-0.39, 0.29) is 6.61 Å². The van der Waals surface area contributed by atoms with Crippen molar-refractivity contribution >= 4 is 16.7 Å². The molecule has 0 radical (unpaired) electrons. The molecule has 0 aliphatic rings. The molecule has 96 valence electrons. The number of aliphatic hydroxyl groups is 1. The molecule has 2 aromatic rings. The van der Waals surface area contributed by atoms with E-state index in [4.69, 9.17) is 5.11 Å². The molecular weight excluding hydrogens is 224 g/mol. The van der Waals surface area contributed by atoms with E-state index < -0.39 is 0 Å². The number of aliphatic hydroxyl groups excluding tert-OH is 1. The third kappa shape index (κ3) is 3.20. The molecule has 0 unspecified atom stereocenters. The number of anilines is 1. The van der Waals surface area contributed by atoms with Gasteiger partial charge in [-0.05, 0) is 43.9 Å². The normalized spacial score (nSPS) is 10.8. The molecule has 2 rings (SSSR count). The largest absolute Gasteiger partial charge is 0.396 e. The zero-order valence-corrected chi connectivity index (χ0v) is 10.8. The Bertz CT molecular complexity index is 511. The average molecular weight is 244 g/mol. The van der Waals surface area contributed by atoms with Crippen molar-refractivity contribution in [2.45, 2.75) is 26.2 Å². The molecule has 0 bridgehead atoms. The number of hydrogen-bond acceptors (Lipinski definition) is 3. The highest BCUT2D eigenvalue weighted by Gasteiger charge is 2.02. The van der Waals surface area contributed by atoms with Crippen molar-refractivity contribution in [3.8, 4) is 0 Å². The first-order valence-corrected chi connectivity index (χ1v) is 6.52. The lowest BCUT2D eigenvalue weighted by molar-refractivity contribution is 0.283. The number of para-hydroxylation sites is 1. The van der Waals surface area contributed by atoms with Crippen LogP contribution in [0, 0.1) is 6.92 Å². The number of rotatable bonds is 6. The third-order valence-corrected chi connectivity index (χ3v) is 3.04. The minimum atomic E-state index is 0.285. The molecule has 0 atom stereocenters. The summed E-state index contributed by atoms with van der Waals surface area (Å²) in [5.41, 5.74) is 2.21. The van der Waals surface area contributed by atoms with Crippen LogP contribution in [0.15, 0.2) is 30.3 Å². The summed E-state index contributed by atoms with van der Waals surface area (Å²) < 4.78 is 0. The minimum Gasteiger partial charge on any atom is -0.396 e. The molecule has 3 heteroatoms. The van der Waals surface area contributed by atoms with Gasteiger partial charge in [-0.1, -0.05) is 18.2 Å². The highest BCUT2D eigenvalue weighted by molar-refractivity contribution is 5.81. The molecule has 0 aliphatic carbocycles. The van der Waals surface area contributed by atoms with E-state index in [1.165, 1.54) is 10.9 Å². The summed E-state index contributed by atoms with van der Waals surface area (Å²) in [6.45, 7) is 3.27. The van der Waals surface area contributed by atoms with E-state index in [2.05, 4.69) is 29.4 Å². The van der Waals surface area contributed by atoms with E-state index in [0.29, 0.717) is 0 Å². The number of nitrogens with zero attached hydrogens (tertiary/aromatic N) is 1. The Morgan fingerprint density at radius 1 is 1.17 bits per heavy atom. The van der Waals surface area contributed by atoms with E-state index in [9.17, 15) is 0 Å². The Hall–Kier alpha value is -1.61. The topological polar surface area (TPSA) is 45.2 Å². The molecule has 3 nitrogen and oxygen atoms in total. The van der Waals surface area contributed by atoms with Crippen LogP contribution in [0.4, 0.5) is 5.82 Å². The molecular formula is C15H20N2O. The summed E-state index contributed by atoms with van der Waals surface area (Å²) in [4.78, 5) is 4.63. The van der Waals surface area contributed by atoms with Gasteiger partial charge in [-0.25, -0.2) is 4.98 Å². The van der Waals surface area contributed by atoms with Crippen molar-refractivity contribution in [1.29, 1.82) is 0 Å². The zero-order chi connectivity index (χ0) is 12.8. The van der Waals surface area contributed by atoms with Crippen molar-refractivity contribution in [2.24, 2.45) is 0 Å². The summed E-state index contributed by atoms with van der Waals surface area (Å²) in [6.07, 6.45) is 3.00. The van der Waals surface area contributed by atoms with Gasteiger partial charge in [-0.3, -0.25) is 0 Å². The van der Waals surface area contributed by atoms with Crippen LogP contribution in [0.25, 0.3) is 10.9 Å². The van der Waals surface area contributed by atoms with Crippen molar-refractivity contribution < 1.29 is 5.11 Å². The Kier molecular flexibility index (Phi) is 4.53. The van der Waals surface area contributed by atoms with Gasteiger partial charge in [0.2, 0.25) is 0 Å². The standard InChI is InChI=1S/C15H20N2O/c1-12-11-13-7-3-4-8-14(13)17-15(12)16-9-5-2-6-10-18/h3-4,7-8,11,18H,2,5-6,9-10H2,1H3,(H,16,17). The molecule has 18 heavy (non-hydrogen) atoms. The quantitative estimate of drug-likeness (QED) is 0.767. The number of benzene rings is 1. The van der Waals surface area contributed by atoms with E-state index in [1.807, 2.05) is 18.2 Å². The maximum atomic E-state index is 8.71. The van der Waals surface area contributed by atoms with Crippen LogP contribution < -0.4 is 5.32 Å². The van der Waals surface area contributed by atoms with Gasteiger partial charge in [0.05, 0.1) is 5.52 Å². The second kappa shape index (κ2) is 6.36. The summed E-state index contributed by atoms with van der Waals surface area (Å²) in [5, 5.41) is 13.3. The van der Waals surface area contributed by atoms with E-state index in [0.717, 1.165) is 37.1 Å². The monoisotopic (exact) mass is 244 g/mol. The van der Waals surface area contributed by atoms with Gasteiger partial charge in [-0.15, -0.1) is 0 Å². The van der Waals surface area contributed by atoms with Gasteiger partial charge < -0.3 is 10.4 Å². The highest BCUT2D eigenvalue weighted by Crippen LogP contribution is 2.19. The number of hydrogen-bond donors (Lipinski definition) is 2. The second-order valence-electron chi connectivity index (χ2n) is 4.56. The number of aryl methyl sites for hydroxylation is 1. The Morgan fingerprint density at radius 3 is 2.83 bits per heavy atom. The Balaban J connectivity index is 2.01. The number of pyridine rings is 1. The first kappa shape index (κ1) is 12.8. The Morgan fingerprint density at radius 2 is 2.00 bits per heavy atom. The number of fused-ring (bicyclic) bond motifs is 1. The summed E-state index contributed by atoms with van der Waals surface area (Å²) >= 11 is 0. The van der Waals surface area contributed by atoms with Crippen LogP contribution in [0.5, 0.6) is 0 Å². The fourth-order valence-corrected chi connectivity index (χ4v) is 2.02. The molecule has 0 spiro atoms. The third-order valence-electron chi connectivity index (χ3n) is 3.04. The lowest BCUT2D eigenvalue weighted by Gasteiger charge is -2.09. The van der Waals surface area contributed by atoms with E-state index in [1.54, 1.807) is 0 Å². The molecule has 1 aromatic carbocycles. The average Bonchev–Trinajstić information content (AvgIpc) is 2.39. The lowest BCUT2D eigenvalue weighted by Crippen LogP contribution is -2.05. The fraction of sp³-hybridized carbons (Fsp3) is 0.400. The molecule has 0 aliphatic heterocycles. The first-order valence-electron chi connectivity index (χ1n) is 6.52. The summed E-state index contributed by atoms with van der Waals surface area (Å²) in [7, 11) is 0. The lowest BCUT2D eigenvalue weighted by atomic mass is 10.1. The first-order chi connectivity index (χ1) is 8.81. The van der Waals surface area contributed by atoms with Crippen molar-refractivity contribution in [3.63, 3.8) is 0 Å². The fourth-order valence-electron chi connectivity index (χ4n) is 2.02.